The molecule has 0 fully saturated rings. The van der Waals surface area contributed by atoms with Crippen molar-refractivity contribution in [3.63, 3.8) is 0 Å². The number of carbonyl (C=O) groups is 1. The van der Waals surface area contributed by atoms with E-state index in [-0.39, 0.29) is 5.91 Å². The number of pyridine rings is 1. The van der Waals surface area contributed by atoms with Crippen LogP contribution in [0.15, 0.2) is 48.8 Å². The summed E-state index contributed by atoms with van der Waals surface area (Å²) in [6, 6.07) is 11.3. The number of hydrogen-bond donors (Lipinski definition) is 2. The smallest absolute Gasteiger partial charge is 0.257 e. The van der Waals surface area contributed by atoms with Gasteiger partial charge in [-0.1, -0.05) is 12.1 Å². The summed E-state index contributed by atoms with van der Waals surface area (Å²) in [5.41, 5.74) is 8.03. The number of anilines is 1. The van der Waals surface area contributed by atoms with E-state index in [1.807, 2.05) is 24.3 Å². The predicted molar refractivity (Wildman–Crippen MR) is 76.0 cm³/mol. The second-order valence-corrected chi connectivity index (χ2v) is 4.28. The number of aromatic nitrogens is 1. The Balaban J connectivity index is 1.98. The second kappa shape index (κ2) is 6.66. The first-order valence-corrected chi connectivity index (χ1v) is 6.30. The molecule has 98 valence electrons. The SMILES string of the molecule is NCCCc1ccc(NC(=O)c2cccnc2)cc1. The third kappa shape index (κ3) is 3.89. The molecule has 0 atom stereocenters. The normalized spacial score (nSPS) is 10.2. The third-order valence-electron chi connectivity index (χ3n) is 2.81. The van der Waals surface area contributed by atoms with Gasteiger partial charge in [0.1, 0.15) is 0 Å². The maximum Gasteiger partial charge on any atom is 0.257 e. The van der Waals surface area contributed by atoms with E-state index in [9.17, 15) is 4.79 Å². The second-order valence-electron chi connectivity index (χ2n) is 4.28. The fourth-order valence-electron chi connectivity index (χ4n) is 1.76. The van der Waals surface area contributed by atoms with E-state index in [2.05, 4.69) is 10.3 Å². The number of nitrogens with zero attached hydrogens (tertiary/aromatic N) is 1. The summed E-state index contributed by atoms with van der Waals surface area (Å²) in [6.07, 6.45) is 5.13. The number of carbonyl (C=O) groups excluding carboxylic acids is 1. The van der Waals surface area contributed by atoms with Crippen molar-refractivity contribution >= 4 is 11.6 Å². The number of amides is 1. The molecule has 3 N–H and O–H groups in total. The van der Waals surface area contributed by atoms with Crippen LogP contribution in [-0.4, -0.2) is 17.4 Å². The van der Waals surface area contributed by atoms with Gasteiger partial charge in [0.2, 0.25) is 0 Å². The molecule has 1 amide bonds. The Kier molecular flexibility index (Phi) is 4.64. The minimum absolute atomic E-state index is 0.150. The van der Waals surface area contributed by atoms with Gasteiger partial charge in [-0.05, 0) is 49.2 Å². The molecule has 0 bridgehead atoms. The van der Waals surface area contributed by atoms with Gasteiger partial charge in [-0.2, -0.15) is 0 Å². The molecule has 0 aliphatic carbocycles. The first kappa shape index (κ1) is 13.2. The molecule has 1 heterocycles. The molecule has 0 saturated heterocycles. The zero-order valence-electron chi connectivity index (χ0n) is 10.7. The Labute approximate surface area is 112 Å². The number of nitrogens with two attached hydrogens (primary N) is 1. The average molecular weight is 255 g/mol. The van der Waals surface area contributed by atoms with Crippen LogP contribution in [0.4, 0.5) is 5.69 Å². The average Bonchev–Trinajstić information content (AvgIpc) is 2.47. The highest BCUT2D eigenvalue weighted by Gasteiger charge is 2.05. The van der Waals surface area contributed by atoms with Gasteiger partial charge in [0.15, 0.2) is 0 Å². The molecule has 2 rings (SSSR count). The van der Waals surface area contributed by atoms with Crippen LogP contribution in [-0.2, 0) is 6.42 Å². The molecule has 0 radical (unpaired) electrons. The van der Waals surface area contributed by atoms with Gasteiger partial charge >= 0.3 is 0 Å². The first-order chi connectivity index (χ1) is 9.29. The van der Waals surface area contributed by atoms with Crippen molar-refractivity contribution in [2.75, 3.05) is 11.9 Å². The van der Waals surface area contributed by atoms with Crippen molar-refractivity contribution in [3.05, 3.63) is 59.9 Å². The highest BCUT2D eigenvalue weighted by molar-refractivity contribution is 6.03. The van der Waals surface area contributed by atoms with E-state index in [0.29, 0.717) is 12.1 Å². The summed E-state index contributed by atoms with van der Waals surface area (Å²) in [5, 5.41) is 2.84. The molecule has 0 aliphatic rings. The quantitative estimate of drug-likeness (QED) is 0.860. The molecule has 0 saturated carbocycles. The van der Waals surface area contributed by atoms with Gasteiger partial charge in [0, 0.05) is 18.1 Å². The standard InChI is InChI=1S/C15H17N3O/c16-9-1-3-12-5-7-14(8-6-12)18-15(19)13-4-2-10-17-11-13/h2,4-8,10-11H,1,3,9,16H2,(H,18,19). The lowest BCUT2D eigenvalue weighted by atomic mass is 10.1. The van der Waals surface area contributed by atoms with Crippen LogP contribution in [0.3, 0.4) is 0 Å². The number of aryl methyl sites for hydroxylation is 1. The number of benzene rings is 1. The predicted octanol–water partition coefficient (Wildman–Crippen LogP) is 2.23. The van der Waals surface area contributed by atoms with Crippen molar-refractivity contribution in [2.24, 2.45) is 5.73 Å². The maximum absolute atomic E-state index is 11.9. The van der Waals surface area contributed by atoms with Crippen molar-refractivity contribution in [1.29, 1.82) is 0 Å². The Morgan fingerprint density at radius 1 is 1.21 bits per heavy atom. The van der Waals surface area contributed by atoms with E-state index in [1.165, 1.54) is 5.56 Å². The van der Waals surface area contributed by atoms with Crippen LogP contribution in [0.5, 0.6) is 0 Å². The molecule has 1 aromatic heterocycles. The van der Waals surface area contributed by atoms with Crippen LogP contribution < -0.4 is 11.1 Å². The summed E-state index contributed by atoms with van der Waals surface area (Å²) < 4.78 is 0. The molecule has 0 aliphatic heterocycles. The minimum atomic E-state index is -0.150. The largest absolute Gasteiger partial charge is 0.330 e. The lowest BCUT2D eigenvalue weighted by Crippen LogP contribution is -2.11. The van der Waals surface area contributed by atoms with E-state index in [4.69, 9.17) is 5.73 Å². The van der Waals surface area contributed by atoms with Crippen LogP contribution in [0, 0.1) is 0 Å². The molecule has 19 heavy (non-hydrogen) atoms. The Hall–Kier alpha value is -2.20. The van der Waals surface area contributed by atoms with E-state index in [0.717, 1.165) is 18.5 Å². The van der Waals surface area contributed by atoms with Crippen LogP contribution in [0.25, 0.3) is 0 Å². The third-order valence-corrected chi connectivity index (χ3v) is 2.81. The highest BCUT2D eigenvalue weighted by atomic mass is 16.1. The lowest BCUT2D eigenvalue weighted by molar-refractivity contribution is 0.102. The first-order valence-electron chi connectivity index (χ1n) is 6.30. The molecule has 4 heteroatoms. The van der Waals surface area contributed by atoms with Gasteiger partial charge in [-0.15, -0.1) is 0 Å². The minimum Gasteiger partial charge on any atom is -0.330 e. The molecular formula is C15H17N3O. The van der Waals surface area contributed by atoms with Crippen molar-refractivity contribution in [1.82, 2.24) is 4.98 Å². The molecule has 4 nitrogen and oxygen atoms in total. The Bertz CT molecular complexity index is 523. The molecule has 2 aromatic rings. The zero-order chi connectivity index (χ0) is 13.5. The Morgan fingerprint density at radius 3 is 2.63 bits per heavy atom. The van der Waals surface area contributed by atoms with Gasteiger partial charge in [0.25, 0.3) is 5.91 Å². The van der Waals surface area contributed by atoms with Gasteiger partial charge in [-0.3, -0.25) is 9.78 Å². The molecule has 1 aromatic carbocycles. The fraction of sp³-hybridized carbons (Fsp3) is 0.200. The Morgan fingerprint density at radius 2 is 2.00 bits per heavy atom. The highest BCUT2D eigenvalue weighted by Crippen LogP contribution is 2.12. The maximum atomic E-state index is 11.9. The van der Waals surface area contributed by atoms with Crippen molar-refractivity contribution in [2.45, 2.75) is 12.8 Å². The molecule has 0 spiro atoms. The van der Waals surface area contributed by atoms with Crippen molar-refractivity contribution in [3.8, 4) is 0 Å². The van der Waals surface area contributed by atoms with Crippen LogP contribution in [0.2, 0.25) is 0 Å². The zero-order valence-corrected chi connectivity index (χ0v) is 10.7. The summed E-state index contributed by atoms with van der Waals surface area (Å²) >= 11 is 0. The fourth-order valence-corrected chi connectivity index (χ4v) is 1.76. The summed E-state index contributed by atoms with van der Waals surface area (Å²) in [7, 11) is 0. The van der Waals surface area contributed by atoms with Crippen LogP contribution in [0.1, 0.15) is 22.3 Å². The summed E-state index contributed by atoms with van der Waals surface area (Å²) in [4.78, 5) is 15.8. The monoisotopic (exact) mass is 255 g/mol. The molecular weight excluding hydrogens is 238 g/mol. The van der Waals surface area contributed by atoms with E-state index < -0.39 is 0 Å². The van der Waals surface area contributed by atoms with Gasteiger partial charge < -0.3 is 11.1 Å². The van der Waals surface area contributed by atoms with E-state index in [1.54, 1.807) is 24.5 Å². The van der Waals surface area contributed by atoms with Crippen molar-refractivity contribution < 1.29 is 4.79 Å². The van der Waals surface area contributed by atoms with E-state index >= 15 is 0 Å². The van der Waals surface area contributed by atoms with Gasteiger partial charge in [-0.25, -0.2) is 0 Å². The molecule has 0 unspecified atom stereocenters. The summed E-state index contributed by atoms with van der Waals surface area (Å²) in [5.74, 6) is -0.150. The lowest BCUT2D eigenvalue weighted by Gasteiger charge is -2.06. The number of hydrogen-bond acceptors (Lipinski definition) is 3. The topological polar surface area (TPSA) is 68.0 Å². The van der Waals surface area contributed by atoms with Crippen LogP contribution >= 0.6 is 0 Å². The number of nitrogens with one attached hydrogen (secondary N) is 1. The summed E-state index contributed by atoms with van der Waals surface area (Å²) in [6.45, 7) is 0.694. The van der Waals surface area contributed by atoms with Gasteiger partial charge in [0.05, 0.1) is 5.56 Å². The number of rotatable bonds is 5.